The van der Waals surface area contributed by atoms with Crippen LogP contribution in [0.5, 0.6) is 17.2 Å². The van der Waals surface area contributed by atoms with E-state index in [1.807, 2.05) is 35.2 Å². The van der Waals surface area contributed by atoms with Crippen molar-refractivity contribution in [2.75, 3.05) is 54.1 Å². The molecule has 1 heterocycles. The van der Waals surface area contributed by atoms with Gasteiger partial charge in [-0.3, -0.25) is 9.69 Å². The SMILES string of the molecule is COc1ccc(CCN2CCN(C(=O)Cc3ccc(OC)c(OC)c3)CC2)cc1. The molecule has 0 aromatic heterocycles. The fourth-order valence-electron chi connectivity index (χ4n) is 3.58. The van der Waals surface area contributed by atoms with Crippen LogP contribution in [-0.4, -0.2) is 69.8 Å². The van der Waals surface area contributed by atoms with E-state index >= 15 is 0 Å². The summed E-state index contributed by atoms with van der Waals surface area (Å²) in [5.74, 6) is 2.37. The molecule has 0 radical (unpaired) electrons. The smallest absolute Gasteiger partial charge is 0.227 e. The molecule has 1 fully saturated rings. The zero-order valence-electron chi connectivity index (χ0n) is 17.5. The highest BCUT2D eigenvalue weighted by Gasteiger charge is 2.21. The van der Waals surface area contributed by atoms with Gasteiger partial charge >= 0.3 is 0 Å². The molecule has 2 aromatic rings. The van der Waals surface area contributed by atoms with E-state index in [4.69, 9.17) is 14.2 Å². The highest BCUT2D eigenvalue weighted by molar-refractivity contribution is 5.79. The Balaban J connectivity index is 1.45. The third-order valence-electron chi connectivity index (χ3n) is 5.40. The van der Waals surface area contributed by atoms with E-state index < -0.39 is 0 Å². The molecule has 6 nitrogen and oxygen atoms in total. The molecule has 29 heavy (non-hydrogen) atoms. The zero-order chi connectivity index (χ0) is 20.6. The summed E-state index contributed by atoms with van der Waals surface area (Å²) >= 11 is 0. The van der Waals surface area contributed by atoms with Crippen molar-refractivity contribution >= 4 is 5.91 Å². The third-order valence-corrected chi connectivity index (χ3v) is 5.40. The molecule has 0 aliphatic carbocycles. The molecular weight excluding hydrogens is 368 g/mol. The molecule has 0 atom stereocenters. The first kappa shape index (κ1) is 21.0. The maximum Gasteiger partial charge on any atom is 0.227 e. The van der Waals surface area contributed by atoms with Crippen LogP contribution in [0, 0.1) is 0 Å². The van der Waals surface area contributed by atoms with Gasteiger partial charge in [-0.15, -0.1) is 0 Å². The summed E-state index contributed by atoms with van der Waals surface area (Å²) in [5.41, 5.74) is 2.24. The van der Waals surface area contributed by atoms with Crippen LogP contribution in [0.3, 0.4) is 0 Å². The number of rotatable bonds is 8. The van der Waals surface area contributed by atoms with Gasteiger partial charge in [-0.05, 0) is 41.8 Å². The highest BCUT2D eigenvalue weighted by Crippen LogP contribution is 2.27. The van der Waals surface area contributed by atoms with E-state index in [0.29, 0.717) is 17.9 Å². The van der Waals surface area contributed by atoms with E-state index in [0.717, 1.165) is 50.5 Å². The first-order valence-corrected chi connectivity index (χ1v) is 9.97. The molecule has 0 N–H and O–H groups in total. The number of benzene rings is 2. The predicted molar refractivity (Wildman–Crippen MR) is 113 cm³/mol. The van der Waals surface area contributed by atoms with Crippen LogP contribution in [0.4, 0.5) is 0 Å². The first-order chi connectivity index (χ1) is 14.1. The Morgan fingerprint density at radius 3 is 2.10 bits per heavy atom. The van der Waals surface area contributed by atoms with Gasteiger partial charge in [0.25, 0.3) is 0 Å². The number of hydrogen-bond donors (Lipinski definition) is 0. The van der Waals surface area contributed by atoms with Gasteiger partial charge in [0.05, 0.1) is 27.8 Å². The molecule has 0 spiro atoms. The van der Waals surface area contributed by atoms with E-state index in [2.05, 4.69) is 17.0 Å². The van der Waals surface area contributed by atoms with E-state index in [1.165, 1.54) is 5.56 Å². The Hall–Kier alpha value is -2.73. The Morgan fingerprint density at radius 2 is 1.48 bits per heavy atom. The summed E-state index contributed by atoms with van der Waals surface area (Å²) in [6, 6.07) is 13.9. The lowest BCUT2D eigenvalue weighted by molar-refractivity contribution is -0.132. The van der Waals surface area contributed by atoms with E-state index in [1.54, 1.807) is 21.3 Å². The van der Waals surface area contributed by atoms with Crippen molar-refractivity contribution in [3.05, 3.63) is 53.6 Å². The number of hydrogen-bond acceptors (Lipinski definition) is 5. The largest absolute Gasteiger partial charge is 0.497 e. The molecule has 0 bridgehead atoms. The van der Waals surface area contributed by atoms with Crippen LogP contribution < -0.4 is 14.2 Å². The van der Waals surface area contributed by atoms with Crippen LogP contribution in [0.15, 0.2) is 42.5 Å². The number of methoxy groups -OCH3 is 3. The molecule has 0 saturated carbocycles. The molecule has 1 amide bonds. The summed E-state index contributed by atoms with van der Waals surface area (Å²) in [7, 11) is 4.90. The van der Waals surface area contributed by atoms with Gasteiger partial charge in [0, 0.05) is 32.7 Å². The molecule has 0 unspecified atom stereocenters. The molecule has 1 aliphatic heterocycles. The first-order valence-electron chi connectivity index (χ1n) is 9.97. The summed E-state index contributed by atoms with van der Waals surface area (Å²) < 4.78 is 15.8. The Kier molecular flexibility index (Phi) is 7.36. The maximum absolute atomic E-state index is 12.7. The van der Waals surface area contributed by atoms with Crippen molar-refractivity contribution in [2.45, 2.75) is 12.8 Å². The summed E-state index contributed by atoms with van der Waals surface area (Å²) in [5, 5.41) is 0. The number of nitrogens with zero attached hydrogens (tertiary/aromatic N) is 2. The molecule has 3 rings (SSSR count). The number of carbonyl (C=O) groups is 1. The fourth-order valence-corrected chi connectivity index (χ4v) is 3.58. The number of ether oxygens (including phenoxy) is 3. The summed E-state index contributed by atoms with van der Waals surface area (Å²) in [6.45, 7) is 4.37. The molecule has 156 valence electrons. The normalized spacial score (nSPS) is 14.5. The van der Waals surface area contributed by atoms with Gasteiger partial charge in [-0.25, -0.2) is 0 Å². The highest BCUT2D eigenvalue weighted by atomic mass is 16.5. The molecule has 1 saturated heterocycles. The second kappa shape index (κ2) is 10.2. The Labute approximate surface area is 173 Å². The Morgan fingerprint density at radius 1 is 0.828 bits per heavy atom. The number of piperazine rings is 1. The minimum absolute atomic E-state index is 0.159. The second-order valence-electron chi connectivity index (χ2n) is 7.19. The molecule has 6 heteroatoms. The van der Waals surface area contributed by atoms with Gasteiger partial charge in [0.1, 0.15) is 5.75 Å². The van der Waals surface area contributed by atoms with Crippen molar-refractivity contribution in [1.29, 1.82) is 0 Å². The van der Waals surface area contributed by atoms with Gasteiger partial charge in [0.2, 0.25) is 5.91 Å². The monoisotopic (exact) mass is 398 g/mol. The average molecular weight is 399 g/mol. The van der Waals surface area contributed by atoms with Crippen molar-refractivity contribution in [3.63, 3.8) is 0 Å². The lowest BCUT2D eigenvalue weighted by atomic mass is 10.1. The molecule has 1 aliphatic rings. The standard InChI is InChI=1S/C23H30N2O4/c1-27-20-7-4-18(5-8-20)10-11-24-12-14-25(15-13-24)23(26)17-19-6-9-21(28-2)22(16-19)29-3/h4-9,16H,10-15,17H2,1-3H3. The Bertz CT molecular complexity index is 799. The van der Waals surface area contributed by atoms with Crippen molar-refractivity contribution in [1.82, 2.24) is 9.80 Å². The van der Waals surface area contributed by atoms with E-state index in [-0.39, 0.29) is 5.91 Å². The quantitative estimate of drug-likeness (QED) is 0.684. The lowest BCUT2D eigenvalue weighted by Crippen LogP contribution is -2.49. The lowest BCUT2D eigenvalue weighted by Gasteiger charge is -2.35. The van der Waals surface area contributed by atoms with Crippen molar-refractivity contribution in [2.24, 2.45) is 0 Å². The average Bonchev–Trinajstić information content (AvgIpc) is 2.78. The minimum Gasteiger partial charge on any atom is -0.497 e. The fraction of sp³-hybridized carbons (Fsp3) is 0.435. The second-order valence-corrected chi connectivity index (χ2v) is 7.19. The van der Waals surface area contributed by atoms with Crippen LogP contribution in [0.25, 0.3) is 0 Å². The topological polar surface area (TPSA) is 51.2 Å². The molecular formula is C23H30N2O4. The van der Waals surface area contributed by atoms with Gasteiger partial charge in [-0.2, -0.15) is 0 Å². The summed E-state index contributed by atoms with van der Waals surface area (Å²) in [6.07, 6.45) is 1.38. The zero-order valence-corrected chi connectivity index (χ0v) is 17.5. The number of amides is 1. The maximum atomic E-state index is 12.7. The third kappa shape index (κ3) is 5.64. The van der Waals surface area contributed by atoms with E-state index in [9.17, 15) is 4.79 Å². The van der Waals surface area contributed by atoms with Gasteiger partial charge in [0.15, 0.2) is 11.5 Å². The van der Waals surface area contributed by atoms with Gasteiger partial charge in [-0.1, -0.05) is 18.2 Å². The minimum atomic E-state index is 0.159. The van der Waals surface area contributed by atoms with Crippen LogP contribution in [0.2, 0.25) is 0 Å². The van der Waals surface area contributed by atoms with Crippen LogP contribution in [-0.2, 0) is 17.6 Å². The van der Waals surface area contributed by atoms with Gasteiger partial charge < -0.3 is 19.1 Å². The number of carbonyl (C=O) groups excluding carboxylic acids is 1. The van der Waals surface area contributed by atoms with Crippen molar-refractivity contribution < 1.29 is 19.0 Å². The van der Waals surface area contributed by atoms with Crippen LogP contribution >= 0.6 is 0 Å². The van der Waals surface area contributed by atoms with Crippen LogP contribution in [0.1, 0.15) is 11.1 Å². The predicted octanol–water partition coefficient (Wildman–Crippen LogP) is 2.64. The molecule has 2 aromatic carbocycles. The summed E-state index contributed by atoms with van der Waals surface area (Å²) in [4.78, 5) is 17.1. The van der Waals surface area contributed by atoms with Crippen molar-refractivity contribution in [3.8, 4) is 17.2 Å².